The fourth-order valence-electron chi connectivity index (χ4n) is 3.48. The Morgan fingerprint density at radius 1 is 1.15 bits per heavy atom. The minimum absolute atomic E-state index is 0.298. The van der Waals surface area contributed by atoms with Gasteiger partial charge in [-0.1, -0.05) is 0 Å². The second-order valence-electron chi connectivity index (χ2n) is 6.69. The fourth-order valence-corrected chi connectivity index (χ4v) is 3.48. The molecule has 0 aliphatic carbocycles. The molecule has 5 nitrogen and oxygen atoms in total. The van der Waals surface area contributed by atoms with Crippen LogP contribution >= 0.6 is 0 Å². The highest BCUT2D eigenvalue weighted by atomic mass is 19.1. The van der Waals surface area contributed by atoms with E-state index in [1.807, 2.05) is 19.9 Å². The summed E-state index contributed by atoms with van der Waals surface area (Å²) in [5.41, 5.74) is 2.85. The number of aromatic nitrogens is 3. The molecule has 0 bridgehead atoms. The van der Waals surface area contributed by atoms with Crippen molar-refractivity contribution in [1.29, 1.82) is 0 Å². The van der Waals surface area contributed by atoms with Crippen molar-refractivity contribution >= 4 is 11.6 Å². The summed E-state index contributed by atoms with van der Waals surface area (Å²) in [6.07, 6.45) is 2.58. The number of anilines is 1. The molecule has 0 spiro atoms. The number of halogens is 2. The molecular formula is C20H18F2N4O. The summed E-state index contributed by atoms with van der Waals surface area (Å²) in [5.74, 6) is -1.02. The topological polar surface area (TPSA) is 51.0 Å². The first kappa shape index (κ1) is 17.3. The van der Waals surface area contributed by atoms with Gasteiger partial charge in [-0.15, -0.1) is 0 Å². The summed E-state index contributed by atoms with van der Waals surface area (Å²) in [6, 6.07) is 7.38. The smallest absolute Gasteiger partial charge is 0.259 e. The van der Waals surface area contributed by atoms with E-state index >= 15 is 0 Å². The third-order valence-electron chi connectivity index (χ3n) is 4.70. The maximum Gasteiger partial charge on any atom is 0.259 e. The zero-order valence-electron chi connectivity index (χ0n) is 15.0. The Morgan fingerprint density at radius 2 is 1.96 bits per heavy atom. The molecule has 1 amide bonds. The molecule has 2 aromatic heterocycles. The van der Waals surface area contributed by atoms with Crippen LogP contribution < -0.4 is 4.90 Å². The van der Waals surface area contributed by atoms with Crippen LogP contribution in [-0.4, -0.2) is 27.2 Å². The second kappa shape index (κ2) is 6.57. The Kier molecular flexibility index (Phi) is 4.22. The molecule has 0 unspecified atom stereocenters. The molecule has 0 atom stereocenters. The van der Waals surface area contributed by atoms with Crippen LogP contribution in [0, 0.1) is 25.5 Å². The van der Waals surface area contributed by atoms with Gasteiger partial charge in [0.25, 0.3) is 5.91 Å². The van der Waals surface area contributed by atoms with Crippen molar-refractivity contribution < 1.29 is 13.6 Å². The van der Waals surface area contributed by atoms with E-state index in [1.54, 1.807) is 16.8 Å². The van der Waals surface area contributed by atoms with Crippen molar-refractivity contribution in [2.24, 2.45) is 0 Å². The van der Waals surface area contributed by atoms with Crippen LogP contribution in [0.2, 0.25) is 0 Å². The molecule has 3 aromatic rings. The number of pyridine rings is 1. The Hall–Kier alpha value is -3.09. The van der Waals surface area contributed by atoms with Crippen molar-refractivity contribution in [1.82, 2.24) is 14.8 Å². The lowest BCUT2D eigenvalue weighted by atomic mass is 10.00. The molecule has 1 aromatic carbocycles. The Morgan fingerprint density at radius 3 is 2.63 bits per heavy atom. The normalized spacial score (nSPS) is 13.6. The minimum Gasteiger partial charge on any atom is -0.308 e. The van der Waals surface area contributed by atoms with E-state index in [9.17, 15) is 13.6 Å². The molecular weight excluding hydrogens is 350 g/mol. The van der Waals surface area contributed by atoms with E-state index in [0.717, 1.165) is 17.5 Å². The molecule has 3 heterocycles. The first-order chi connectivity index (χ1) is 12.9. The molecule has 0 N–H and O–H groups in total. The number of benzene rings is 1. The third-order valence-corrected chi connectivity index (χ3v) is 4.70. The van der Waals surface area contributed by atoms with Gasteiger partial charge in [0.15, 0.2) is 5.82 Å². The lowest BCUT2D eigenvalue weighted by Gasteiger charge is -2.29. The highest BCUT2D eigenvalue weighted by Crippen LogP contribution is 2.31. The first-order valence-corrected chi connectivity index (χ1v) is 8.73. The summed E-state index contributed by atoms with van der Waals surface area (Å²) >= 11 is 0. The van der Waals surface area contributed by atoms with Gasteiger partial charge in [-0.05, 0) is 51.0 Å². The van der Waals surface area contributed by atoms with E-state index < -0.39 is 11.6 Å². The average Bonchev–Trinajstić information content (AvgIpc) is 2.99. The third kappa shape index (κ3) is 3.09. The highest BCUT2D eigenvalue weighted by Gasteiger charge is 2.26. The molecule has 0 fully saturated rings. The summed E-state index contributed by atoms with van der Waals surface area (Å²) in [4.78, 5) is 18.7. The van der Waals surface area contributed by atoms with Gasteiger partial charge in [0.05, 0.1) is 16.9 Å². The summed E-state index contributed by atoms with van der Waals surface area (Å²) in [7, 11) is 0. The summed E-state index contributed by atoms with van der Waals surface area (Å²) < 4.78 is 29.4. The average molecular weight is 368 g/mol. The van der Waals surface area contributed by atoms with E-state index in [2.05, 4.69) is 10.1 Å². The van der Waals surface area contributed by atoms with Gasteiger partial charge in [0.1, 0.15) is 11.6 Å². The number of carbonyl (C=O) groups is 1. The molecule has 138 valence electrons. The van der Waals surface area contributed by atoms with Crippen molar-refractivity contribution in [2.75, 3.05) is 11.4 Å². The monoisotopic (exact) mass is 368 g/mol. The van der Waals surface area contributed by atoms with Gasteiger partial charge < -0.3 is 4.90 Å². The van der Waals surface area contributed by atoms with Crippen molar-refractivity contribution in [3.63, 3.8) is 0 Å². The number of nitrogens with zero attached hydrogens (tertiary/aromatic N) is 4. The van der Waals surface area contributed by atoms with Crippen molar-refractivity contribution in [2.45, 2.75) is 26.7 Å². The Labute approximate surface area is 155 Å². The maximum atomic E-state index is 14.1. The Balaban J connectivity index is 1.66. The number of fused-ring (bicyclic) bond motifs is 1. The number of carbonyl (C=O) groups excluding carboxylic acids is 1. The van der Waals surface area contributed by atoms with Crippen molar-refractivity contribution in [3.05, 3.63) is 70.7 Å². The van der Waals surface area contributed by atoms with Crippen LogP contribution in [-0.2, 0) is 6.42 Å². The van der Waals surface area contributed by atoms with Crippen molar-refractivity contribution in [3.8, 4) is 5.82 Å². The summed E-state index contributed by atoms with van der Waals surface area (Å²) in [5, 5.41) is 4.37. The van der Waals surface area contributed by atoms with Crippen LogP contribution in [0.25, 0.3) is 5.82 Å². The molecule has 1 aliphatic rings. The van der Waals surface area contributed by atoms with E-state index in [4.69, 9.17) is 0 Å². The van der Waals surface area contributed by atoms with Gasteiger partial charge in [0, 0.05) is 30.1 Å². The highest BCUT2D eigenvalue weighted by molar-refractivity contribution is 6.06. The predicted molar refractivity (Wildman–Crippen MR) is 97.2 cm³/mol. The second-order valence-corrected chi connectivity index (χ2v) is 6.69. The lowest BCUT2D eigenvalue weighted by molar-refractivity contribution is 0.0984. The van der Waals surface area contributed by atoms with Gasteiger partial charge in [-0.3, -0.25) is 4.79 Å². The zero-order valence-corrected chi connectivity index (χ0v) is 15.0. The molecule has 7 heteroatoms. The standard InChI is InChI=1S/C20H18F2N4O/c1-12-8-13(2)26(24-12)19-6-5-14(11-23-19)20(27)25-7-3-4-16-17(22)9-15(21)10-18(16)25/h5-6,8-11H,3-4,7H2,1-2H3. The van der Waals surface area contributed by atoms with Crippen LogP contribution in [0.3, 0.4) is 0 Å². The van der Waals surface area contributed by atoms with Crippen LogP contribution in [0.15, 0.2) is 36.5 Å². The SMILES string of the molecule is Cc1cc(C)n(-c2ccc(C(=O)N3CCCc4c(F)cc(F)cc43)cn2)n1. The fraction of sp³-hybridized carbons (Fsp3) is 0.250. The number of rotatable bonds is 2. The van der Waals surface area contributed by atoms with Crippen LogP contribution in [0.5, 0.6) is 0 Å². The number of aryl methyl sites for hydroxylation is 2. The van der Waals surface area contributed by atoms with E-state index in [1.165, 1.54) is 17.2 Å². The minimum atomic E-state index is -0.691. The Bertz CT molecular complexity index is 1030. The number of hydrogen-bond acceptors (Lipinski definition) is 3. The lowest BCUT2D eigenvalue weighted by Crippen LogP contribution is -2.36. The van der Waals surface area contributed by atoms with Gasteiger partial charge in [-0.25, -0.2) is 18.4 Å². The first-order valence-electron chi connectivity index (χ1n) is 8.73. The number of hydrogen-bond donors (Lipinski definition) is 0. The van der Waals surface area contributed by atoms with Gasteiger partial charge in [0.2, 0.25) is 0 Å². The van der Waals surface area contributed by atoms with Gasteiger partial charge >= 0.3 is 0 Å². The molecule has 0 radical (unpaired) electrons. The number of amides is 1. The van der Waals surface area contributed by atoms with E-state index in [-0.39, 0.29) is 5.91 Å². The van der Waals surface area contributed by atoms with Crippen LogP contribution in [0.1, 0.15) is 33.7 Å². The predicted octanol–water partition coefficient (Wildman–Crippen LogP) is 3.76. The molecule has 27 heavy (non-hydrogen) atoms. The van der Waals surface area contributed by atoms with E-state index in [0.29, 0.717) is 42.0 Å². The molecule has 1 aliphatic heterocycles. The molecule has 0 saturated heterocycles. The largest absolute Gasteiger partial charge is 0.308 e. The zero-order chi connectivity index (χ0) is 19.1. The quantitative estimate of drug-likeness (QED) is 0.692. The van der Waals surface area contributed by atoms with Gasteiger partial charge in [-0.2, -0.15) is 5.10 Å². The van der Waals surface area contributed by atoms with Crippen LogP contribution in [0.4, 0.5) is 14.5 Å². The molecule has 4 rings (SSSR count). The maximum absolute atomic E-state index is 14.1. The summed E-state index contributed by atoms with van der Waals surface area (Å²) in [6.45, 7) is 4.23. The molecule has 0 saturated carbocycles.